The molecule has 1 heterocycles. The first kappa shape index (κ1) is 14.1. The van der Waals surface area contributed by atoms with Crippen LogP contribution < -0.4 is 5.32 Å². The lowest BCUT2D eigenvalue weighted by Gasteiger charge is -2.11. The summed E-state index contributed by atoms with van der Waals surface area (Å²) in [7, 11) is 0. The summed E-state index contributed by atoms with van der Waals surface area (Å²) in [5, 5.41) is 7.64. The Morgan fingerprint density at radius 2 is 2.05 bits per heavy atom. The number of aryl methyl sites for hydroxylation is 2. The molecule has 1 fully saturated rings. The second kappa shape index (κ2) is 6.22. The zero-order valence-corrected chi connectivity index (χ0v) is 12.3. The van der Waals surface area contributed by atoms with Gasteiger partial charge in [-0.3, -0.25) is 9.48 Å². The van der Waals surface area contributed by atoms with E-state index in [0.717, 1.165) is 31.5 Å². The molecule has 1 aromatic heterocycles. The molecule has 0 bridgehead atoms. The standard InChI is InChI=1S/C15H25N3O/c1-4-18-12(3)14(11(2)17-18)9-10-15(19)16-13-7-5-6-8-13/h13H,4-10H2,1-3H3,(H,16,19). The Bertz CT molecular complexity index is 444. The van der Waals surface area contributed by atoms with Gasteiger partial charge >= 0.3 is 0 Å². The average molecular weight is 263 g/mol. The molecule has 1 aliphatic carbocycles. The molecular weight excluding hydrogens is 238 g/mol. The zero-order valence-electron chi connectivity index (χ0n) is 12.3. The number of hydrogen-bond acceptors (Lipinski definition) is 2. The van der Waals surface area contributed by atoms with Crippen molar-refractivity contribution in [2.24, 2.45) is 0 Å². The second-order valence-electron chi connectivity index (χ2n) is 5.51. The molecule has 1 aromatic rings. The van der Waals surface area contributed by atoms with Gasteiger partial charge in [0.15, 0.2) is 0 Å². The molecule has 0 aliphatic heterocycles. The monoisotopic (exact) mass is 263 g/mol. The van der Waals surface area contributed by atoms with Crippen LogP contribution in [0.25, 0.3) is 0 Å². The summed E-state index contributed by atoms with van der Waals surface area (Å²) in [6, 6.07) is 0.424. The molecule has 1 amide bonds. The number of carbonyl (C=O) groups is 1. The van der Waals surface area contributed by atoms with E-state index in [2.05, 4.69) is 24.3 Å². The Morgan fingerprint density at radius 3 is 2.63 bits per heavy atom. The lowest BCUT2D eigenvalue weighted by molar-refractivity contribution is -0.121. The van der Waals surface area contributed by atoms with Crippen molar-refractivity contribution in [3.8, 4) is 0 Å². The third-order valence-electron chi connectivity index (χ3n) is 4.15. The van der Waals surface area contributed by atoms with Crippen LogP contribution in [0.3, 0.4) is 0 Å². The van der Waals surface area contributed by atoms with Crippen LogP contribution >= 0.6 is 0 Å². The molecule has 0 spiro atoms. The molecule has 1 N–H and O–H groups in total. The summed E-state index contributed by atoms with van der Waals surface area (Å²) in [5.41, 5.74) is 3.50. The minimum Gasteiger partial charge on any atom is -0.353 e. The molecule has 1 aliphatic rings. The average Bonchev–Trinajstić information content (AvgIpc) is 2.96. The van der Waals surface area contributed by atoms with E-state index in [9.17, 15) is 4.79 Å². The van der Waals surface area contributed by atoms with Crippen molar-refractivity contribution in [1.82, 2.24) is 15.1 Å². The van der Waals surface area contributed by atoms with Gasteiger partial charge in [0.1, 0.15) is 0 Å². The molecule has 4 heteroatoms. The van der Waals surface area contributed by atoms with Crippen LogP contribution in [0.2, 0.25) is 0 Å². The first-order valence-electron chi connectivity index (χ1n) is 7.44. The maximum atomic E-state index is 11.9. The first-order chi connectivity index (χ1) is 9.11. The fourth-order valence-corrected chi connectivity index (χ4v) is 3.01. The van der Waals surface area contributed by atoms with Crippen LogP contribution in [0, 0.1) is 13.8 Å². The lowest BCUT2D eigenvalue weighted by Crippen LogP contribution is -2.32. The van der Waals surface area contributed by atoms with Crippen LogP contribution in [0.15, 0.2) is 0 Å². The highest BCUT2D eigenvalue weighted by atomic mass is 16.1. The van der Waals surface area contributed by atoms with Gasteiger partial charge < -0.3 is 5.32 Å². The largest absolute Gasteiger partial charge is 0.353 e. The fourth-order valence-electron chi connectivity index (χ4n) is 3.01. The normalized spacial score (nSPS) is 15.9. The minimum absolute atomic E-state index is 0.190. The van der Waals surface area contributed by atoms with Gasteiger partial charge in [-0.15, -0.1) is 0 Å². The van der Waals surface area contributed by atoms with Gasteiger partial charge in [-0.2, -0.15) is 5.10 Å². The van der Waals surface area contributed by atoms with E-state index in [1.54, 1.807) is 0 Å². The van der Waals surface area contributed by atoms with Gasteiger partial charge in [0.2, 0.25) is 5.91 Å². The summed E-state index contributed by atoms with van der Waals surface area (Å²) >= 11 is 0. The van der Waals surface area contributed by atoms with E-state index < -0.39 is 0 Å². The van der Waals surface area contributed by atoms with Gasteiger partial charge in [-0.1, -0.05) is 12.8 Å². The number of aromatic nitrogens is 2. The van der Waals surface area contributed by atoms with E-state index in [0.29, 0.717) is 12.5 Å². The number of amides is 1. The van der Waals surface area contributed by atoms with Crippen LogP contribution in [-0.4, -0.2) is 21.7 Å². The molecule has 4 nitrogen and oxygen atoms in total. The molecule has 2 rings (SSSR count). The SMILES string of the molecule is CCn1nc(C)c(CCC(=O)NC2CCCC2)c1C. The van der Waals surface area contributed by atoms with Gasteiger partial charge in [0.05, 0.1) is 5.69 Å². The summed E-state index contributed by atoms with van der Waals surface area (Å²) < 4.78 is 2.01. The van der Waals surface area contributed by atoms with Crippen LogP contribution in [0.5, 0.6) is 0 Å². The van der Waals surface area contributed by atoms with E-state index in [1.165, 1.54) is 24.1 Å². The maximum absolute atomic E-state index is 11.9. The summed E-state index contributed by atoms with van der Waals surface area (Å²) in [6.07, 6.45) is 6.19. The molecule has 0 aromatic carbocycles. The van der Waals surface area contributed by atoms with Crippen molar-refractivity contribution in [2.45, 2.75) is 71.9 Å². The molecule has 1 saturated carbocycles. The minimum atomic E-state index is 0.190. The van der Waals surface area contributed by atoms with Crippen molar-refractivity contribution in [3.63, 3.8) is 0 Å². The maximum Gasteiger partial charge on any atom is 0.220 e. The third kappa shape index (κ3) is 3.37. The molecule has 0 radical (unpaired) electrons. The molecular formula is C15H25N3O. The van der Waals surface area contributed by atoms with Gasteiger partial charge in [-0.25, -0.2) is 0 Å². The van der Waals surface area contributed by atoms with E-state index in [4.69, 9.17) is 0 Å². The predicted octanol–water partition coefficient (Wildman–Crippen LogP) is 2.51. The van der Waals surface area contributed by atoms with Crippen molar-refractivity contribution < 1.29 is 4.79 Å². The number of rotatable bonds is 5. The molecule has 106 valence electrons. The third-order valence-corrected chi connectivity index (χ3v) is 4.15. The zero-order chi connectivity index (χ0) is 13.8. The van der Waals surface area contributed by atoms with Crippen molar-refractivity contribution in [2.75, 3.05) is 0 Å². The van der Waals surface area contributed by atoms with Crippen molar-refractivity contribution in [3.05, 3.63) is 17.0 Å². The van der Waals surface area contributed by atoms with Crippen molar-refractivity contribution >= 4 is 5.91 Å². The number of nitrogens with one attached hydrogen (secondary N) is 1. The van der Waals surface area contributed by atoms with Gasteiger partial charge in [0.25, 0.3) is 0 Å². The van der Waals surface area contributed by atoms with E-state index in [-0.39, 0.29) is 5.91 Å². The topological polar surface area (TPSA) is 46.9 Å². The summed E-state index contributed by atoms with van der Waals surface area (Å²) in [4.78, 5) is 11.9. The first-order valence-corrected chi connectivity index (χ1v) is 7.44. The number of carbonyl (C=O) groups excluding carboxylic acids is 1. The molecule has 0 atom stereocenters. The Hall–Kier alpha value is -1.32. The van der Waals surface area contributed by atoms with Gasteiger partial charge in [-0.05, 0) is 45.6 Å². The Labute approximate surface area is 115 Å². The molecule has 0 saturated heterocycles. The van der Waals surface area contributed by atoms with Crippen LogP contribution in [-0.2, 0) is 17.8 Å². The Balaban J connectivity index is 1.87. The number of nitrogens with zero attached hydrogens (tertiary/aromatic N) is 2. The molecule has 19 heavy (non-hydrogen) atoms. The van der Waals surface area contributed by atoms with E-state index >= 15 is 0 Å². The smallest absolute Gasteiger partial charge is 0.220 e. The fraction of sp³-hybridized carbons (Fsp3) is 0.733. The summed E-state index contributed by atoms with van der Waals surface area (Å²) in [5.74, 6) is 0.190. The van der Waals surface area contributed by atoms with Crippen LogP contribution in [0.4, 0.5) is 0 Å². The lowest BCUT2D eigenvalue weighted by atomic mass is 10.1. The van der Waals surface area contributed by atoms with Crippen molar-refractivity contribution in [1.29, 1.82) is 0 Å². The van der Waals surface area contributed by atoms with Gasteiger partial charge in [0, 0.05) is 24.7 Å². The highest BCUT2D eigenvalue weighted by Gasteiger charge is 2.18. The Morgan fingerprint density at radius 1 is 1.37 bits per heavy atom. The summed E-state index contributed by atoms with van der Waals surface area (Å²) in [6.45, 7) is 7.11. The quantitative estimate of drug-likeness (QED) is 0.887. The highest BCUT2D eigenvalue weighted by molar-refractivity contribution is 5.76. The number of hydrogen-bond donors (Lipinski definition) is 1. The highest BCUT2D eigenvalue weighted by Crippen LogP contribution is 2.18. The predicted molar refractivity (Wildman–Crippen MR) is 76.1 cm³/mol. The second-order valence-corrected chi connectivity index (χ2v) is 5.51. The Kier molecular flexibility index (Phi) is 4.61. The van der Waals surface area contributed by atoms with Crippen LogP contribution in [0.1, 0.15) is 56.0 Å². The molecule has 0 unspecified atom stereocenters. The van der Waals surface area contributed by atoms with E-state index in [1.807, 2.05) is 11.6 Å².